The molecular formula is C10H17N5. The molecule has 1 unspecified atom stereocenters. The SMILES string of the molecule is Cc1nc(NN)cc(NC(C)C2CC2)n1. The summed E-state index contributed by atoms with van der Waals surface area (Å²) in [5, 5.41) is 3.37. The van der Waals surface area contributed by atoms with E-state index in [2.05, 4.69) is 27.6 Å². The fourth-order valence-corrected chi connectivity index (χ4v) is 1.66. The number of hydrazine groups is 1. The fourth-order valence-electron chi connectivity index (χ4n) is 1.66. The maximum atomic E-state index is 5.32. The summed E-state index contributed by atoms with van der Waals surface area (Å²) in [7, 11) is 0. The van der Waals surface area contributed by atoms with Crippen molar-refractivity contribution < 1.29 is 0 Å². The van der Waals surface area contributed by atoms with Crippen molar-refractivity contribution in [3.63, 3.8) is 0 Å². The van der Waals surface area contributed by atoms with Gasteiger partial charge in [-0.05, 0) is 32.6 Å². The third kappa shape index (κ3) is 2.56. The van der Waals surface area contributed by atoms with Crippen LogP contribution >= 0.6 is 0 Å². The second-order valence-electron chi connectivity index (χ2n) is 4.10. The molecule has 1 aromatic rings. The van der Waals surface area contributed by atoms with Crippen molar-refractivity contribution in [1.29, 1.82) is 0 Å². The van der Waals surface area contributed by atoms with E-state index in [4.69, 9.17) is 5.84 Å². The first kappa shape index (κ1) is 10.2. The topological polar surface area (TPSA) is 75.9 Å². The molecule has 0 spiro atoms. The van der Waals surface area contributed by atoms with Crippen molar-refractivity contribution in [1.82, 2.24) is 9.97 Å². The van der Waals surface area contributed by atoms with Gasteiger partial charge < -0.3 is 10.7 Å². The Kier molecular flexibility index (Phi) is 2.73. The molecule has 4 N–H and O–H groups in total. The molecule has 0 radical (unpaired) electrons. The highest BCUT2D eigenvalue weighted by Crippen LogP contribution is 2.33. The number of nitrogens with one attached hydrogen (secondary N) is 2. The second kappa shape index (κ2) is 4.02. The molecule has 0 aliphatic heterocycles. The number of anilines is 2. The Morgan fingerprint density at radius 3 is 2.67 bits per heavy atom. The van der Waals surface area contributed by atoms with Gasteiger partial charge in [0.15, 0.2) is 0 Å². The summed E-state index contributed by atoms with van der Waals surface area (Å²) in [4.78, 5) is 8.45. The molecule has 1 heterocycles. The molecular weight excluding hydrogens is 190 g/mol. The van der Waals surface area contributed by atoms with Crippen molar-refractivity contribution in [3.8, 4) is 0 Å². The normalized spacial score (nSPS) is 17.3. The summed E-state index contributed by atoms with van der Waals surface area (Å²) < 4.78 is 0. The molecule has 1 aliphatic rings. The Balaban J connectivity index is 2.08. The molecule has 0 aromatic carbocycles. The number of aryl methyl sites for hydroxylation is 1. The molecule has 0 saturated heterocycles. The maximum Gasteiger partial charge on any atom is 0.145 e. The van der Waals surface area contributed by atoms with E-state index in [9.17, 15) is 0 Å². The zero-order chi connectivity index (χ0) is 10.8. The lowest BCUT2D eigenvalue weighted by molar-refractivity contribution is 0.689. The predicted molar refractivity (Wildman–Crippen MR) is 60.4 cm³/mol. The highest BCUT2D eigenvalue weighted by atomic mass is 15.3. The Labute approximate surface area is 89.5 Å². The van der Waals surface area contributed by atoms with Crippen LogP contribution in [0.1, 0.15) is 25.6 Å². The molecule has 1 saturated carbocycles. The summed E-state index contributed by atoms with van der Waals surface area (Å²) >= 11 is 0. The van der Waals surface area contributed by atoms with Crippen LogP contribution in [-0.2, 0) is 0 Å². The van der Waals surface area contributed by atoms with Crippen LogP contribution in [0.5, 0.6) is 0 Å². The van der Waals surface area contributed by atoms with E-state index >= 15 is 0 Å². The Bertz CT molecular complexity index is 348. The average Bonchev–Trinajstić information content (AvgIpc) is 2.99. The van der Waals surface area contributed by atoms with Crippen molar-refractivity contribution in [2.75, 3.05) is 10.7 Å². The van der Waals surface area contributed by atoms with Gasteiger partial charge in [-0.15, -0.1) is 0 Å². The molecule has 5 heteroatoms. The second-order valence-corrected chi connectivity index (χ2v) is 4.10. The largest absolute Gasteiger partial charge is 0.367 e. The molecule has 2 rings (SSSR count). The molecule has 5 nitrogen and oxygen atoms in total. The first-order chi connectivity index (χ1) is 7.19. The molecule has 15 heavy (non-hydrogen) atoms. The van der Waals surface area contributed by atoms with Gasteiger partial charge in [-0.1, -0.05) is 0 Å². The lowest BCUT2D eigenvalue weighted by Gasteiger charge is -2.14. The first-order valence-corrected chi connectivity index (χ1v) is 5.28. The van der Waals surface area contributed by atoms with Gasteiger partial charge in [-0.3, -0.25) is 0 Å². The number of nitrogen functional groups attached to an aromatic ring is 1. The highest BCUT2D eigenvalue weighted by Gasteiger charge is 2.28. The van der Waals surface area contributed by atoms with Crippen LogP contribution in [0.15, 0.2) is 6.07 Å². The summed E-state index contributed by atoms with van der Waals surface area (Å²) in [5.74, 6) is 8.33. The average molecular weight is 207 g/mol. The van der Waals surface area contributed by atoms with Crippen molar-refractivity contribution >= 4 is 11.6 Å². The van der Waals surface area contributed by atoms with Gasteiger partial charge in [0.25, 0.3) is 0 Å². The smallest absolute Gasteiger partial charge is 0.145 e. The van der Waals surface area contributed by atoms with Crippen LogP contribution in [0.3, 0.4) is 0 Å². The monoisotopic (exact) mass is 207 g/mol. The van der Waals surface area contributed by atoms with Crippen LogP contribution in [-0.4, -0.2) is 16.0 Å². The van der Waals surface area contributed by atoms with Gasteiger partial charge in [0.2, 0.25) is 0 Å². The number of nitrogens with zero attached hydrogens (tertiary/aromatic N) is 2. The lowest BCUT2D eigenvalue weighted by Crippen LogP contribution is -2.19. The zero-order valence-corrected chi connectivity index (χ0v) is 9.12. The van der Waals surface area contributed by atoms with E-state index in [-0.39, 0.29) is 0 Å². The van der Waals surface area contributed by atoms with Gasteiger partial charge >= 0.3 is 0 Å². The van der Waals surface area contributed by atoms with E-state index < -0.39 is 0 Å². The molecule has 1 aromatic heterocycles. The van der Waals surface area contributed by atoms with Crippen LogP contribution in [0.4, 0.5) is 11.6 Å². The minimum atomic E-state index is 0.477. The number of hydrogen-bond acceptors (Lipinski definition) is 5. The van der Waals surface area contributed by atoms with Crippen LogP contribution in [0.25, 0.3) is 0 Å². The summed E-state index contributed by atoms with van der Waals surface area (Å²) in [6.45, 7) is 4.04. The third-order valence-electron chi connectivity index (χ3n) is 2.69. The lowest BCUT2D eigenvalue weighted by atomic mass is 10.2. The standard InChI is InChI=1S/C10H17N5/c1-6(8-3-4-8)12-9-5-10(15-11)14-7(2)13-9/h5-6,8H,3-4,11H2,1-2H3,(H2,12,13,14,15). The molecule has 1 atom stereocenters. The molecule has 1 fully saturated rings. The van der Waals surface area contributed by atoms with E-state index in [0.717, 1.165) is 17.6 Å². The zero-order valence-electron chi connectivity index (χ0n) is 9.12. The van der Waals surface area contributed by atoms with E-state index in [0.29, 0.717) is 11.9 Å². The predicted octanol–water partition coefficient (Wildman–Crippen LogP) is 1.28. The van der Waals surface area contributed by atoms with Crippen molar-refractivity contribution in [3.05, 3.63) is 11.9 Å². The summed E-state index contributed by atoms with van der Waals surface area (Å²) in [6, 6.07) is 2.30. The van der Waals surface area contributed by atoms with Gasteiger partial charge in [0.05, 0.1) is 0 Å². The van der Waals surface area contributed by atoms with Crippen molar-refractivity contribution in [2.45, 2.75) is 32.7 Å². The van der Waals surface area contributed by atoms with Crippen LogP contribution in [0.2, 0.25) is 0 Å². The van der Waals surface area contributed by atoms with Gasteiger partial charge in [-0.25, -0.2) is 15.8 Å². The Hall–Kier alpha value is -1.36. The molecule has 0 amide bonds. The minimum Gasteiger partial charge on any atom is -0.367 e. The number of aromatic nitrogens is 2. The number of hydrogen-bond donors (Lipinski definition) is 3. The number of rotatable bonds is 4. The molecule has 82 valence electrons. The van der Waals surface area contributed by atoms with Gasteiger partial charge in [0.1, 0.15) is 17.5 Å². The van der Waals surface area contributed by atoms with E-state index in [1.807, 2.05) is 13.0 Å². The Morgan fingerprint density at radius 1 is 1.40 bits per heavy atom. The number of nitrogens with two attached hydrogens (primary N) is 1. The van der Waals surface area contributed by atoms with E-state index in [1.54, 1.807) is 0 Å². The van der Waals surface area contributed by atoms with Crippen LogP contribution < -0.4 is 16.6 Å². The quantitative estimate of drug-likeness (QED) is 0.512. The van der Waals surface area contributed by atoms with Gasteiger partial charge in [-0.2, -0.15) is 0 Å². The Morgan fingerprint density at radius 2 is 2.07 bits per heavy atom. The fraction of sp³-hybridized carbons (Fsp3) is 0.600. The summed E-state index contributed by atoms with van der Waals surface area (Å²) in [6.07, 6.45) is 2.64. The maximum absolute atomic E-state index is 5.32. The van der Waals surface area contributed by atoms with E-state index in [1.165, 1.54) is 12.8 Å². The van der Waals surface area contributed by atoms with Gasteiger partial charge in [0, 0.05) is 12.1 Å². The molecule has 1 aliphatic carbocycles. The van der Waals surface area contributed by atoms with Crippen LogP contribution in [0, 0.1) is 12.8 Å². The molecule has 0 bridgehead atoms. The third-order valence-corrected chi connectivity index (χ3v) is 2.69. The minimum absolute atomic E-state index is 0.477. The summed E-state index contributed by atoms with van der Waals surface area (Å²) in [5.41, 5.74) is 2.54. The highest BCUT2D eigenvalue weighted by molar-refractivity contribution is 5.47. The first-order valence-electron chi connectivity index (χ1n) is 5.28. The van der Waals surface area contributed by atoms with Crippen molar-refractivity contribution in [2.24, 2.45) is 11.8 Å².